The molecule has 1 N–H and O–H groups in total. The molecular formula is C31H28N4O5S2. The zero-order valence-electron chi connectivity index (χ0n) is 23.0. The molecule has 0 bridgehead atoms. The van der Waals surface area contributed by atoms with Crippen LogP contribution in [0.2, 0.25) is 0 Å². The molecule has 2 heterocycles. The molecule has 0 radical (unpaired) electrons. The molecule has 0 amide bonds. The first-order valence-electron chi connectivity index (χ1n) is 13.3. The average molecular weight is 601 g/mol. The van der Waals surface area contributed by atoms with Gasteiger partial charge >= 0.3 is 0 Å². The van der Waals surface area contributed by atoms with Crippen LogP contribution in [0.3, 0.4) is 0 Å². The van der Waals surface area contributed by atoms with Gasteiger partial charge in [-0.15, -0.1) is 0 Å². The summed E-state index contributed by atoms with van der Waals surface area (Å²) in [4.78, 5) is 9.24. The van der Waals surface area contributed by atoms with E-state index in [1.807, 2.05) is 37.3 Å². The Labute approximate surface area is 243 Å². The fraction of sp³-hybridized carbons (Fsp3) is 0.161. The van der Waals surface area contributed by atoms with Crippen LogP contribution in [0.1, 0.15) is 12.0 Å². The van der Waals surface area contributed by atoms with Crippen LogP contribution in [0.25, 0.3) is 33.0 Å². The van der Waals surface area contributed by atoms with Crippen LogP contribution >= 0.6 is 0 Å². The van der Waals surface area contributed by atoms with Crippen LogP contribution in [0.4, 0.5) is 5.82 Å². The fourth-order valence-electron chi connectivity index (χ4n) is 4.97. The van der Waals surface area contributed by atoms with Gasteiger partial charge in [0.2, 0.25) is 9.84 Å². The molecule has 0 aliphatic rings. The van der Waals surface area contributed by atoms with Gasteiger partial charge in [-0.2, -0.15) is 0 Å². The van der Waals surface area contributed by atoms with E-state index >= 15 is 0 Å². The third kappa shape index (κ3) is 5.00. The Kier molecular flexibility index (Phi) is 7.17. The Morgan fingerprint density at radius 2 is 1.43 bits per heavy atom. The fourth-order valence-corrected chi connectivity index (χ4v) is 7.68. The van der Waals surface area contributed by atoms with Crippen LogP contribution < -0.4 is 4.72 Å². The van der Waals surface area contributed by atoms with Crippen LogP contribution in [0, 0.1) is 6.92 Å². The van der Waals surface area contributed by atoms with Crippen LogP contribution in [-0.2, 0) is 31.1 Å². The number of hydrogen-bond donors (Lipinski definition) is 1. The third-order valence-corrected chi connectivity index (χ3v) is 10.3. The van der Waals surface area contributed by atoms with Crippen LogP contribution in [0.15, 0.2) is 106 Å². The van der Waals surface area contributed by atoms with Gasteiger partial charge in [0.25, 0.3) is 10.0 Å². The van der Waals surface area contributed by atoms with E-state index in [1.54, 1.807) is 54.1 Å². The summed E-state index contributed by atoms with van der Waals surface area (Å²) in [6, 6.07) is 25.7. The zero-order valence-corrected chi connectivity index (χ0v) is 24.6. The van der Waals surface area contributed by atoms with E-state index in [2.05, 4.69) is 4.72 Å². The standard InChI is InChI=1S/C31H28N4O5S2/c1-21-12-15-24(16-13-21)41(36,37)29-28-30(33-27-11-6-5-10-26(27)32-28)35(18-7-19-40-2)31(29)34-42(38,39)25-17-14-22-8-3-4-9-23(22)20-25/h3-6,8-17,20,34H,7,18-19H2,1-2H3. The number of aromatic nitrogens is 3. The molecule has 11 heteroatoms. The molecule has 4 aromatic carbocycles. The van der Waals surface area contributed by atoms with Gasteiger partial charge in [0.15, 0.2) is 5.65 Å². The minimum absolute atomic E-state index is 0.000314. The SMILES string of the molecule is COCCCn1c(NS(=O)(=O)c2ccc3ccccc3c2)c(S(=O)(=O)c2ccc(C)cc2)c2nc3ccccc3nc21. The molecule has 6 aromatic rings. The third-order valence-electron chi connectivity index (χ3n) is 7.10. The highest BCUT2D eigenvalue weighted by atomic mass is 32.2. The first kappa shape index (κ1) is 27.8. The number of nitrogens with zero attached hydrogens (tertiary/aromatic N) is 3. The maximum Gasteiger partial charge on any atom is 0.263 e. The Hall–Kier alpha value is -4.32. The number of ether oxygens (including phenoxy) is 1. The quantitative estimate of drug-likeness (QED) is 0.211. The molecule has 0 fully saturated rings. The van der Waals surface area contributed by atoms with Crippen molar-refractivity contribution in [3.05, 3.63) is 96.6 Å². The van der Waals surface area contributed by atoms with Crippen LogP contribution in [-0.4, -0.2) is 45.1 Å². The predicted molar refractivity (Wildman–Crippen MR) is 163 cm³/mol. The van der Waals surface area contributed by atoms with E-state index in [0.29, 0.717) is 24.1 Å². The van der Waals surface area contributed by atoms with Gasteiger partial charge in [-0.1, -0.05) is 60.2 Å². The first-order valence-corrected chi connectivity index (χ1v) is 16.3. The molecule has 6 rings (SSSR count). The van der Waals surface area contributed by atoms with Crippen molar-refractivity contribution in [2.24, 2.45) is 0 Å². The lowest BCUT2D eigenvalue weighted by molar-refractivity contribution is 0.191. The van der Waals surface area contributed by atoms with Crippen molar-refractivity contribution < 1.29 is 21.6 Å². The molecular weight excluding hydrogens is 572 g/mol. The molecule has 9 nitrogen and oxygen atoms in total. The molecule has 0 saturated heterocycles. The Balaban J connectivity index is 1.63. The summed E-state index contributed by atoms with van der Waals surface area (Å²) in [7, 11) is -6.94. The van der Waals surface area contributed by atoms with Gasteiger partial charge < -0.3 is 9.30 Å². The minimum Gasteiger partial charge on any atom is -0.385 e. The van der Waals surface area contributed by atoms with Gasteiger partial charge in [0.1, 0.15) is 16.2 Å². The van der Waals surface area contributed by atoms with Crippen molar-refractivity contribution in [3.63, 3.8) is 0 Å². The predicted octanol–water partition coefficient (Wildman–Crippen LogP) is 5.72. The van der Waals surface area contributed by atoms with Gasteiger partial charge in [-0.05, 0) is 60.5 Å². The molecule has 0 atom stereocenters. The highest BCUT2D eigenvalue weighted by Crippen LogP contribution is 2.38. The summed E-state index contributed by atoms with van der Waals surface area (Å²) >= 11 is 0. The van der Waals surface area contributed by atoms with Crippen molar-refractivity contribution in [2.75, 3.05) is 18.4 Å². The van der Waals surface area contributed by atoms with E-state index in [-0.39, 0.29) is 38.2 Å². The van der Waals surface area contributed by atoms with Crippen molar-refractivity contribution in [1.82, 2.24) is 14.5 Å². The van der Waals surface area contributed by atoms with Crippen molar-refractivity contribution in [2.45, 2.75) is 34.6 Å². The number of nitrogens with one attached hydrogen (secondary N) is 1. The van der Waals surface area contributed by atoms with Gasteiger partial charge in [0.05, 0.1) is 20.8 Å². The van der Waals surface area contributed by atoms with E-state index < -0.39 is 19.9 Å². The maximum absolute atomic E-state index is 14.3. The molecule has 0 aliphatic carbocycles. The summed E-state index contributed by atoms with van der Waals surface area (Å²) in [6.07, 6.45) is 0.476. The second-order valence-electron chi connectivity index (χ2n) is 9.99. The molecule has 0 spiro atoms. The highest BCUT2D eigenvalue weighted by molar-refractivity contribution is 7.93. The lowest BCUT2D eigenvalue weighted by Gasteiger charge is -2.15. The Morgan fingerprint density at radius 3 is 2.14 bits per heavy atom. The van der Waals surface area contributed by atoms with Gasteiger partial charge in [-0.3, -0.25) is 4.72 Å². The Bertz CT molecular complexity index is 2180. The number of methoxy groups -OCH3 is 1. The van der Waals surface area contributed by atoms with E-state index in [9.17, 15) is 16.8 Å². The first-order chi connectivity index (χ1) is 20.2. The summed E-state index contributed by atoms with van der Waals surface area (Å²) in [5, 5.41) is 1.62. The summed E-state index contributed by atoms with van der Waals surface area (Å²) in [6.45, 7) is 2.47. The zero-order chi connectivity index (χ0) is 29.5. The van der Waals surface area contributed by atoms with E-state index in [0.717, 1.165) is 16.3 Å². The van der Waals surface area contributed by atoms with Crippen molar-refractivity contribution in [3.8, 4) is 0 Å². The molecule has 0 unspecified atom stereocenters. The minimum atomic E-state index is -4.26. The number of hydrogen-bond acceptors (Lipinski definition) is 7. The molecule has 214 valence electrons. The van der Waals surface area contributed by atoms with Gasteiger partial charge in [-0.25, -0.2) is 26.8 Å². The van der Waals surface area contributed by atoms with E-state index in [1.165, 1.54) is 18.2 Å². The average Bonchev–Trinajstić information content (AvgIpc) is 3.27. The highest BCUT2D eigenvalue weighted by Gasteiger charge is 2.33. The largest absolute Gasteiger partial charge is 0.385 e. The molecule has 2 aromatic heterocycles. The molecule has 0 aliphatic heterocycles. The topological polar surface area (TPSA) is 120 Å². The number of fused-ring (bicyclic) bond motifs is 3. The second kappa shape index (κ2) is 10.8. The normalized spacial score (nSPS) is 12.3. The van der Waals surface area contributed by atoms with Crippen molar-refractivity contribution >= 4 is 58.6 Å². The summed E-state index contributed by atoms with van der Waals surface area (Å²) in [5.41, 5.74) is 2.27. The molecule has 0 saturated carbocycles. The smallest absolute Gasteiger partial charge is 0.263 e. The molecule has 42 heavy (non-hydrogen) atoms. The second-order valence-corrected chi connectivity index (χ2v) is 13.6. The number of sulfonamides is 1. The number of anilines is 1. The number of para-hydroxylation sites is 2. The summed E-state index contributed by atoms with van der Waals surface area (Å²) in [5.74, 6) is -0.120. The maximum atomic E-state index is 14.3. The number of benzene rings is 4. The van der Waals surface area contributed by atoms with Crippen LogP contribution in [0.5, 0.6) is 0 Å². The number of sulfone groups is 1. The summed E-state index contributed by atoms with van der Waals surface area (Å²) < 4.78 is 65.9. The van der Waals surface area contributed by atoms with Crippen molar-refractivity contribution in [1.29, 1.82) is 0 Å². The monoisotopic (exact) mass is 600 g/mol. The van der Waals surface area contributed by atoms with E-state index in [4.69, 9.17) is 14.7 Å². The lowest BCUT2D eigenvalue weighted by atomic mass is 10.1. The number of rotatable bonds is 9. The lowest BCUT2D eigenvalue weighted by Crippen LogP contribution is -2.19. The Morgan fingerprint density at radius 1 is 0.786 bits per heavy atom. The van der Waals surface area contributed by atoms with Gasteiger partial charge in [0, 0.05) is 20.3 Å². The number of aryl methyl sites for hydroxylation is 2.